The molecule has 15 heavy (non-hydrogen) atoms. The van der Waals surface area contributed by atoms with Crippen molar-refractivity contribution in [1.82, 2.24) is 10.6 Å². The number of piperazine rings is 1. The number of amides is 1. The van der Waals surface area contributed by atoms with Crippen molar-refractivity contribution in [2.75, 3.05) is 33.3 Å². The average Bonchev–Trinajstić information content (AvgIpc) is 2.32. The molecule has 0 radical (unpaired) electrons. The summed E-state index contributed by atoms with van der Waals surface area (Å²) in [6.45, 7) is 8.02. The number of primary amides is 1. The van der Waals surface area contributed by atoms with E-state index >= 15 is 0 Å². The molecule has 0 spiro atoms. The Morgan fingerprint density at radius 1 is 1.33 bits per heavy atom. The van der Waals surface area contributed by atoms with E-state index < -0.39 is 5.91 Å². The first-order valence-electron chi connectivity index (χ1n) is 4.48. The molecule has 0 aliphatic carbocycles. The predicted molar refractivity (Wildman–Crippen MR) is 58.2 cm³/mol. The summed E-state index contributed by atoms with van der Waals surface area (Å²) in [4.78, 5) is 18.4. The number of carbonyl (C=O) groups excluding carboxylic acids is 2. The van der Waals surface area contributed by atoms with Crippen LogP contribution in [0.5, 0.6) is 0 Å². The van der Waals surface area contributed by atoms with Gasteiger partial charge >= 0.3 is 0 Å². The standard InChI is InChI=1S/C4H10N2.C3H5NO.C2H4O2/c1-2-6-4-3-5-1;1-2-3(4)5;1-4-2-3/h5-6H,1-4H2;2H,1H2,(H2,4,5);2H,1H3. The van der Waals surface area contributed by atoms with Crippen molar-refractivity contribution in [3.05, 3.63) is 12.7 Å². The van der Waals surface area contributed by atoms with E-state index in [1.807, 2.05) is 0 Å². The lowest BCUT2D eigenvalue weighted by molar-refractivity contribution is -0.126. The molecule has 1 amide bonds. The van der Waals surface area contributed by atoms with E-state index in [1.54, 1.807) is 0 Å². The second-order valence-corrected chi connectivity index (χ2v) is 2.44. The summed E-state index contributed by atoms with van der Waals surface area (Å²) in [6.07, 6.45) is 1.06. The molecule has 88 valence electrons. The molecule has 0 aromatic carbocycles. The highest BCUT2D eigenvalue weighted by molar-refractivity contribution is 5.84. The number of methoxy groups -OCH3 is 1. The molecule has 0 bridgehead atoms. The SMILES string of the molecule is C1CNCCN1.C=CC(N)=O.COC=O. The number of nitrogens with one attached hydrogen (secondary N) is 2. The fourth-order valence-electron chi connectivity index (χ4n) is 0.604. The molecule has 6 nitrogen and oxygen atoms in total. The van der Waals surface area contributed by atoms with Gasteiger partial charge in [-0.2, -0.15) is 0 Å². The van der Waals surface area contributed by atoms with Crippen LogP contribution in [0, 0.1) is 0 Å². The Hall–Kier alpha value is -1.40. The van der Waals surface area contributed by atoms with E-state index in [9.17, 15) is 4.79 Å². The van der Waals surface area contributed by atoms with E-state index in [0.29, 0.717) is 6.47 Å². The Morgan fingerprint density at radius 3 is 1.67 bits per heavy atom. The highest BCUT2D eigenvalue weighted by Gasteiger charge is 1.91. The van der Waals surface area contributed by atoms with Crippen molar-refractivity contribution in [2.24, 2.45) is 5.73 Å². The van der Waals surface area contributed by atoms with Gasteiger partial charge in [0.2, 0.25) is 5.91 Å². The second kappa shape index (κ2) is 15.1. The van der Waals surface area contributed by atoms with Gasteiger partial charge in [-0.1, -0.05) is 6.58 Å². The molecule has 4 N–H and O–H groups in total. The van der Waals surface area contributed by atoms with E-state index in [4.69, 9.17) is 4.79 Å². The molecule has 1 aliphatic heterocycles. The van der Waals surface area contributed by atoms with Crippen LogP contribution in [0.2, 0.25) is 0 Å². The average molecular weight is 217 g/mol. The van der Waals surface area contributed by atoms with Crippen LogP contribution in [-0.4, -0.2) is 45.7 Å². The van der Waals surface area contributed by atoms with Gasteiger partial charge in [-0.15, -0.1) is 0 Å². The maximum atomic E-state index is 9.47. The number of nitrogens with two attached hydrogens (primary N) is 1. The smallest absolute Gasteiger partial charge is 0.292 e. The molecule has 1 rings (SSSR count). The van der Waals surface area contributed by atoms with Crippen molar-refractivity contribution in [1.29, 1.82) is 0 Å². The van der Waals surface area contributed by atoms with E-state index in [1.165, 1.54) is 7.11 Å². The third-order valence-electron chi connectivity index (χ3n) is 1.25. The quantitative estimate of drug-likeness (QED) is 0.392. The predicted octanol–water partition coefficient (Wildman–Crippen LogP) is -1.37. The molecule has 1 aliphatic rings. The first-order chi connectivity index (χ1) is 7.18. The fraction of sp³-hybridized carbons (Fsp3) is 0.556. The molecule has 0 aromatic rings. The third kappa shape index (κ3) is 24.5. The van der Waals surface area contributed by atoms with Gasteiger partial charge in [0.05, 0.1) is 7.11 Å². The zero-order valence-electron chi connectivity index (χ0n) is 8.99. The zero-order chi connectivity index (χ0) is 11.9. The largest absolute Gasteiger partial charge is 0.471 e. The summed E-state index contributed by atoms with van der Waals surface area (Å²) in [7, 11) is 1.31. The highest BCUT2D eigenvalue weighted by atomic mass is 16.5. The lowest BCUT2D eigenvalue weighted by Crippen LogP contribution is -2.39. The van der Waals surface area contributed by atoms with Crippen LogP contribution >= 0.6 is 0 Å². The molecule has 0 saturated carbocycles. The molecule has 1 heterocycles. The number of hydrogen-bond acceptors (Lipinski definition) is 5. The Morgan fingerprint density at radius 2 is 1.60 bits per heavy atom. The normalized spacial score (nSPS) is 13.1. The van der Waals surface area contributed by atoms with E-state index in [0.717, 1.165) is 32.3 Å². The van der Waals surface area contributed by atoms with E-state index in [-0.39, 0.29) is 0 Å². The van der Waals surface area contributed by atoms with Gasteiger partial charge in [-0.05, 0) is 6.08 Å². The first-order valence-corrected chi connectivity index (χ1v) is 4.48. The zero-order valence-corrected chi connectivity index (χ0v) is 8.99. The molecule has 1 saturated heterocycles. The maximum Gasteiger partial charge on any atom is 0.292 e. The molecular weight excluding hydrogens is 198 g/mol. The molecule has 0 unspecified atom stereocenters. The number of ether oxygens (including phenoxy) is 1. The Kier molecular flexibility index (Phi) is 16.1. The van der Waals surface area contributed by atoms with Crippen LogP contribution in [0.25, 0.3) is 0 Å². The Balaban J connectivity index is 0. The number of hydrogen-bond donors (Lipinski definition) is 3. The molecule has 1 fully saturated rings. The second-order valence-electron chi connectivity index (χ2n) is 2.44. The number of carbonyl (C=O) groups is 2. The van der Waals surface area contributed by atoms with Crippen LogP contribution in [0.1, 0.15) is 0 Å². The fourth-order valence-corrected chi connectivity index (χ4v) is 0.604. The van der Waals surface area contributed by atoms with E-state index in [2.05, 4.69) is 27.7 Å². The van der Waals surface area contributed by atoms with Gasteiger partial charge < -0.3 is 21.1 Å². The number of rotatable bonds is 2. The molecular formula is C9H19N3O3. The van der Waals surface area contributed by atoms with Crippen LogP contribution in [0.4, 0.5) is 0 Å². The first kappa shape index (κ1) is 16.0. The highest BCUT2D eigenvalue weighted by Crippen LogP contribution is 1.65. The molecule has 0 atom stereocenters. The summed E-state index contributed by atoms with van der Waals surface area (Å²) in [5, 5.41) is 6.44. The minimum atomic E-state index is -0.481. The summed E-state index contributed by atoms with van der Waals surface area (Å²) >= 11 is 0. The van der Waals surface area contributed by atoms with Crippen molar-refractivity contribution in [3.63, 3.8) is 0 Å². The summed E-state index contributed by atoms with van der Waals surface area (Å²) < 4.78 is 3.86. The Bertz CT molecular complexity index is 158. The molecule has 0 aromatic heterocycles. The third-order valence-corrected chi connectivity index (χ3v) is 1.25. The van der Waals surface area contributed by atoms with Crippen molar-refractivity contribution >= 4 is 12.4 Å². The Labute approximate surface area is 89.9 Å². The van der Waals surface area contributed by atoms with Crippen LogP contribution in [0.3, 0.4) is 0 Å². The topological polar surface area (TPSA) is 93.5 Å². The minimum absolute atomic E-state index is 0.375. The van der Waals surface area contributed by atoms with Crippen molar-refractivity contribution in [2.45, 2.75) is 0 Å². The van der Waals surface area contributed by atoms with Gasteiger partial charge in [0.25, 0.3) is 6.47 Å². The minimum Gasteiger partial charge on any atom is -0.471 e. The van der Waals surface area contributed by atoms with Crippen molar-refractivity contribution in [3.8, 4) is 0 Å². The van der Waals surface area contributed by atoms with Crippen LogP contribution in [0.15, 0.2) is 12.7 Å². The van der Waals surface area contributed by atoms with Gasteiger partial charge in [-0.25, -0.2) is 0 Å². The van der Waals surface area contributed by atoms with Gasteiger partial charge in [0, 0.05) is 26.2 Å². The summed E-state index contributed by atoms with van der Waals surface area (Å²) in [5.41, 5.74) is 4.53. The van der Waals surface area contributed by atoms with Crippen LogP contribution in [-0.2, 0) is 14.3 Å². The molecule has 6 heteroatoms. The van der Waals surface area contributed by atoms with Gasteiger partial charge in [-0.3, -0.25) is 9.59 Å². The summed E-state index contributed by atoms with van der Waals surface area (Å²) in [5.74, 6) is -0.481. The van der Waals surface area contributed by atoms with Crippen molar-refractivity contribution < 1.29 is 14.3 Å². The maximum absolute atomic E-state index is 9.47. The summed E-state index contributed by atoms with van der Waals surface area (Å²) in [6, 6.07) is 0. The van der Waals surface area contributed by atoms with Crippen LogP contribution < -0.4 is 16.4 Å². The lowest BCUT2D eigenvalue weighted by Gasteiger charge is -2.11. The monoisotopic (exact) mass is 217 g/mol. The lowest BCUT2D eigenvalue weighted by atomic mass is 10.4. The van der Waals surface area contributed by atoms with Gasteiger partial charge in [0.1, 0.15) is 0 Å². The van der Waals surface area contributed by atoms with Gasteiger partial charge in [0.15, 0.2) is 0 Å².